The predicted molar refractivity (Wildman–Crippen MR) is 88.5 cm³/mol. The Labute approximate surface area is 133 Å². The van der Waals surface area contributed by atoms with Crippen molar-refractivity contribution in [1.82, 2.24) is 4.98 Å². The fourth-order valence-corrected chi connectivity index (χ4v) is 1.64. The highest BCUT2D eigenvalue weighted by atomic mass is 16.6. The summed E-state index contributed by atoms with van der Waals surface area (Å²) in [5.41, 5.74) is -1.14. The van der Waals surface area contributed by atoms with Gasteiger partial charge in [0, 0.05) is 11.8 Å². The standard InChI is InChI=1S/C15H20N2O3.C2H6/c1-6-8-15(5,19)11-7-9-16-10-12(11)17-13(18)20-14(2,3)4;1-2/h7,9-10,19H,1-5H3,(H,17,18);1-2H3. The van der Waals surface area contributed by atoms with Crippen molar-refractivity contribution in [2.24, 2.45) is 0 Å². The molecule has 0 aliphatic heterocycles. The number of pyridine rings is 1. The van der Waals surface area contributed by atoms with Gasteiger partial charge in [-0.2, -0.15) is 0 Å². The minimum Gasteiger partial charge on any atom is -0.444 e. The van der Waals surface area contributed by atoms with Crippen molar-refractivity contribution in [2.75, 3.05) is 5.32 Å². The SMILES string of the molecule is CC.CC#CC(C)(O)c1ccncc1NC(=O)OC(C)(C)C. The summed E-state index contributed by atoms with van der Waals surface area (Å²) in [5.74, 6) is 5.35. The average molecular weight is 306 g/mol. The minimum atomic E-state index is -1.37. The lowest BCUT2D eigenvalue weighted by Crippen LogP contribution is -2.29. The minimum absolute atomic E-state index is 0.370. The molecular formula is C17H26N2O3. The highest BCUT2D eigenvalue weighted by molar-refractivity contribution is 5.86. The maximum atomic E-state index is 11.8. The lowest BCUT2D eigenvalue weighted by Gasteiger charge is -2.23. The number of aromatic nitrogens is 1. The molecular weight excluding hydrogens is 280 g/mol. The quantitative estimate of drug-likeness (QED) is 0.818. The maximum Gasteiger partial charge on any atom is 0.412 e. The van der Waals surface area contributed by atoms with Crippen molar-refractivity contribution in [3.05, 3.63) is 24.0 Å². The van der Waals surface area contributed by atoms with Crippen molar-refractivity contribution in [3.8, 4) is 11.8 Å². The van der Waals surface area contributed by atoms with Crippen LogP contribution in [0.3, 0.4) is 0 Å². The van der Waals surface area contributed by atoms with E-state index >= 15 is 0 Å². The van der Waals surface area contributed by atoms with Crippen LogP contribution in [0.5, 0.6) is 0 Å². The second-order valence-electron chi connectivity index (χ2n) is 5.50. The van der Waals surface area contributed by atoms with Crippen LogP contribution >= 0.6 is 0 Å². The van der Waals surface area contributed by atoms with Crippen LogP contribution in [0, 0.1) is 11.8 Å². The van der Waals surface area contributed by atoms with E-state index in [9.17, 15) is 9.90 Å². The van der Waals surface area contributed by atoms with Crippen molar-refractivity contribution < 1.29 is 14.6 Å². The largest absolute Gasteiger partial charge is 0.444 e. The van der Waals surface area contributed by atoms with E-state index in [0.29, 0.717) is 11.3 Å². The van der Waals surface area contributed by atoms with Gasteiger partial charge < -0.3 is 9.84 Å². The summed E-state index contributed by atoms with van der Waals surface area (Å²) < 4.78 is 5.17. The molecule has 1 aromatic heterocycles. The Morgan fingerprint density at radius 3 is 2.41 bits per heavy atom. The van der Waals surface area contributed by atoms with E-state index in [1.807, 2.05) is 13.8 Å². The number of hydrogen-bond acceptors (Lipinski definition) is 4. The first kappa shape index (κ1) is 19.9. The third-order valence-corrected chi connectivity index (χ3v) is 2.35. The Morgan fingerprint density at radius 2 is 1.91 bits per heavy atom. The summed E-state index contributed by atoms with van der Waals surface area (Å²) in [4.78, 5) is 15.7. The first-order valence-corrected chi connectivity index (χ1v) is 7.26. The molecule has 22 heavy (non-hydrogen) atoms. The van der Waals surface area contributed by atoms with Gasteiger partial charge in [0.2, 0.25) is 0 Å². The number of aliphatic hydroxyl groups is 1. The number of carbonyl (C=O) groups is 1. The molecule has 0 aliphatic rings. The monoisotopic (exact) mass is 306 g/mol. The molecule has 1 rings (SSSR count). The van der Waals surface area contributed by atoms with Gasteiger partial charge in [-0.1, -0.05) is 19.8 Å². The fourth-order valence-electron chi connectivity index (χ4n) is 1.64. The number of anilines is 1. The van der Waals surface area contributed by atoms with Gasteiger partial charge in [0.15, 0.2) is 0 Å². The molecule has 1 unspecified atom stereocenters. The van der Waals surface area contributed by atoms with Gasteiger partial charge in [0.1, 0.15) is 11.2 Å². The number of hydrogen-bond donors (Lipinski definition) is 2. The predicted octanol–water partition coefficient (Wildman–Crippen LogP) is 3.69. The topological polar surface area (TPSA) is 71.5 Å². The van der Waals surface area contributed by atoms with Gasteiger partial charge in [-0.05, 0) is 40.7 Å². The molecule has 0 spiro atoms. The van der Waals surface area contributed by atoms with Gasteiger partial charge in [-0.3, -0.25) is 10.3 Å². The Morgan fingerprint density at radius 1 is 1.32 bits per heavy atom. The van der Waals surface area contributed by atoms with Gasteiger partial charge in [0.25, 0.3) is 0 Å². The Bertz CT molecular complexity index is 549. The van der Waals surface area contributed by atoms with E-state index < -0.39 is 17.3 Å². The third-order valence-electron chi connectivity index (χ3n) is 2.35. The number of carbonyl (C=O) groups excluding carboxylic acids is 1. The van der Waals surface area contributed by atoms with Gasteiger partial charge in [0.05, 0.1) is 11.9 Å². The number of nitrogens with zero attached hydrogens (tertiary/aromatic N) is 1. The smallest absolute Gasteiger partial charge is 0.412 e. The molecule has 122 valence electrons. The molecule has 1 aromatic rings. The zero-order valence-corrected chi connectivity index (χ0v) is 14.4. The van der Waals surface area contributed by atoms with Crippen molar-refractivity contribution in [3.63, 3.8) is 0 Å². The molecule has 0 fully saturated rings. The summed E-state index contributed by atoms with van der Waals surface area (Å²) in [6.07, 6.45) is 2.37. The summed E-state index contributed by atoms with van der Waals surface area (Å²) in [5, 5.41) is 12.9. The molecule has 5 heteroatoms. The molecule has 1 atom stereocenters. The van der Waals surface area contributed by atoms with Crippen molar-refractivity contribution in [2.45, 2.75) is 59.7 Å². The number of nitrogens with one attached hydrogen (secondary N) is 1. The van der Waals surface area contributed by atoms with Crippen LogP contribution in [0.25, 0.3) is 0 Å². The normalized spacial score (nSPS) is 12.7. The molecule has 0 saturated carbocycles. The van der Waals surface area contributed by atoms with Crippen molar-refractivity contribution >= 4 is 11.8 Å². The van der Waals surface area contributed by atoms with Gasteiger partial charge in [-0.15, -0.1) is 5.92 Å². The van der Waals surface area contributed by atoms with E-state index in [2.05, 4.69) is 22.1 Å². The molecule has 0 saturated heterocycles. The Kier molecular flexibility index (Phi) is 7.61. The third kappa shape index (κ3) is 6.59. The Hall–Kier alpha value is -2.06. The number of amides is 1. The fraction of sp³-hybridized carbons (Fsp3) is 0.529. The second kappa shape index (κ2) is 8.40. The highest BCUT2D eigenvalue weighted by Crippen LogP contribution is 2.27. The van der Waals surface area contributed by atoms with Gasteiger partial charge in [-0.25, -0.2) is 4.79 Å². The zero-order valence-electron chi connectivity index (χ0n) is 14.4. The van der Waals surface area contributed by atoms with Crippen LogP contribution in [0.4, 0.5) is 10.5 Å². The van der Waals surface area contributed by atoms with Crippen LogP contribution in [-0.4, -0.2) is 21.8 Å². The molecule has 0 bridgehead atoms. The molecule has 0 aromatic carbocycles. The number of ether oxygens (including phenoxy) is 1. The molecule has 1 amide bonds. The molecule has 0 radical (unpaired) electrons. The second-order valence-corrected chi connectivity index (χ2v) is 5.50. The van der Waals surface area contributed by atoms with Crippen molar-refractivity contribution in [1.29, 1.82) is 0 Å². The molecule has 5 nitrogen and oxygen atoms in total. The van der Waals surface area contributed by atoms with E-state index in [1.54, 1.807) is 40.7 Å². The first-order chi connectivity index (χ1) is 10.2. The van der Waals surface area contributed by atoms with E-state index in [0.717, 1.165) is 0 Å². The number of rotatable bonds is 2. The van der Waals surface area contributed by atoms with E-state index in [4.69, 9.17) is 4.74 Å². The van der Waals surface area contributed by atoms with Crippen LogP contribution in [0.1, 0.15) is 54.0 Å². The van der Waals surface area contributed by atoms with Crippen LogP contribution in [-0.2, 0) is 10.3 Å². The highest BCUT2D eigenvalue weighted by Gasteiger charge is 2.25. The summed E-state index contributed by atoms with van der Waals surface area (Å²) in [7, 11) is 0. The molecule has 1 heterocycles. The average Bonchev–Trinajstić information content (AvgIpc) is 2.39. The van der Waals surface area contributed by atoms with Crippen LogP contribution in [0.2, 0.25) is 0 Å². The molecule has 2 N–H and O–H groups in total. The molecule has 0 aliphatic carbocycles. The lowest BCUT2D eigenvalue weighted by molar-refractivity contribution is 0.0635. The first-order valence-electron chi connectivity index (χ1n) is 7.26. The lowest BCUT2D eigenvalue weighted by atomic mass is 9.96. The summed E-state index contributed by atoms with van der Waals surface area (Å²) >= 11 is 0. The zero-order chi connectivity index (χ0) is 17.4. The Balaban J connectivity index is 0.00000211. The van der Waals surface area contributed by atoms with Gasteiger partial charge >= 0.3 is 6.09 Å². The van der Waals surface area contributed by atoms with E-state index in [1.165, 1.54) is 12.4 Å². The van der Waals surface area contributed by atoms with E-state index in [-0.39, 0.29) is 0 Å². The maximum absolute atomic E-state index is 11.8. The summed E-state index contributed by atoms with van der Waals surface area (Å²) in [6, 6.07) is 1.61. The van der Waals surface area contributed by atoms with Crippen LogP contribution in [0.15, 0.2) is 18.5 Å². The summed E-state index contributed by atoms with van der Waals surface area (Å²) in [6.45, 7) is 12.5. The van der Waals surface area contributed by atoms with Crippen LogP contribution < -0.4 is 5.32 Å².